The molecule has 18 heavy (non-hydrogen) atoms. The molecule has 0 aliphatic carbocycles. The van der Waals surface area contributed by atoms with Crippen LogP contribution in [0.25, 0.3) is 11.4 Å². The molecule has 2 aromatic heterocycles. The summed E-state index contributed by atoms with van der Waals surface area (Å²) >= 11 is 3.45. The quantitative estimate of drug-likeness (QED) is 0.874. The van der Waals surface area contributed by atoms with E-state index < -0.39 is 0 Å². The van der Waals surface area contributed by atoms with Crippen molar-refractivity contribution in [1.82, 2.24) is 14.8 Å². The lowest BCUT2D eigenvalue weighted by Crippen LogP contribution is -2.31. The minimum absolute atomic E-state index is 0.346. The first-order valence-corrected chi connectivity index (χ1v) is 6.44. The van der Waals surface area contributed by atoms with Gasteiger partial charge in [0.1, 0.15) is 11.5 Å². The molecule has 0 aromatic carbocycles. The second-order valence-electron chi connectivity index (χ2n) is 4.31. The fourth-order valence-electron chi connectivity index (χ4n) is 1.83. The van der Waals surface area contributed by atoms with Crippen LogP contribution >= 0.6 is 15.9 Å². The van der Waals surface area contributed by atoms with Crippen molar-refractivity contribution in [2.24, 2.45) is 5.92 Å². The van der Waals surface area contributed by atoms with Crippen molar-refractivity contribution in [2.45, 2.75) is 6.54 Å². The van der Waals surface area contributed by atoms with Crippen LogP contribution in [0.5, 0.6) is 0 Å². The first-order valence-electron chi connectivity index (χ1n) is 5.65. The predicted molar refractivity (Wildman–Crippen MR) is 67.4 cm³/mol. The molecule has 1 aliphatic rings. The van der Waals surface area contributed by atoms with Crippen LogP contribution in [-0.2, 0) is 11.3 Å². The summed E-state index contributed by atoms with van der Waals surface area (Å²) in [5.74, 6) is 0.187. The third-order valence-corrected chi connectivity index (χ3v) is 3.42. The van der Waals surface area contributed by atoms with Crippen LogP contribution < -0.4 is 0 Å². The summed E-state index contributed by atoms with van der Waals surface area (Å²) in [6.45, 7) is 2.42. The highest BCUT2D eigenvalue weighted by molar-refractivity contribution is 9.10. The monoisotopic (exact) mass is 311 g/mol. The second-order valence-corrected chi connectivity index (χ2v) is 5.17. The number of aromatic nitrogens is 3. The van der Waals surface area contributed by atoms with Gasteiger partial charge in [0.15, 0.2) is 0 Å². The molecule has 6 heteroatoms. The number of hydrogen-bond donors (Lipinski definition) is 0. The Morgan fingerprint density at radius 3 is 2.89 bits per heavy atom. The predicted octanol–water partition coefficient (Wildman–Crippen LogP) is 2.49. The summed E-state index contributed by atoms with van der Waals surface area (Å²) in [7, 11) is 0. The molecule has 1 aliphatic heterocycles. The van der Waals surface area contributed by atoms with Crippen molar-refractivity contribution >= 4 is 15.9 Å². The van der Waals surface area contributed by atoms with Gasteiger partial charge in [-0.1, -0.05) is 0 Å². The maximum Gasteiger partial charge on any atom is 0.141 e. The van der Waals surface area contributed by atoms with Gasteiger partial charge in [-0.3, -0.25) is 9.67 Å². The summed E-state index contributed by atoms with van der Waals surface area (Å²) in [4.78, 5) is 4.03. The van der Waals surface area contributed by atoms with Crippen LogP contribution in [0, 0.1) is 11.7 Å². The van der Waals surface area contributed by atoms with Gasteiger partial charge >= 0.3 is 0 Å². The van der Waals surface area contributed by atoms with Crippen molar-refractivity contribution in [3.05, 3.63) is 34.8 Å². The van der Waals surface area contributed by atoms with E-state index in [1.165, 1.54) is 12.3 Å². The van der Waals surface area contributed by atoms with E-state index >= 15 is 0 Å². The topological polar surface area (TPSA) is 39.9 Å². The molecule has 0 N–H and O–H groups in total. The third kappa shape index (κ3) is 2.30. The normalized spacial score (nSPS) is 15.7. The zero-order valence-corrected chi connectivity index (χ0v) is 11.1. The van der Waals surface area contributed by atoms with E-state index in [0.29, 0.717) is 11.6 Å². The highest BCUT2D eigenvalue weighted by Gasteiger charge is 2.20. The van der Waals surface area contributed by atoms with Gasteiger partial charge in [-0.25, -0.2) is 4.39 Å². The van der Waals surface area contributed by atoms with E-state index in [2.05, 4.69) is 26.0 Å². The Kier molecular flexibility index (Phi) is 3.13. The standard InChI is InChI=1S/C12H11BrFN3O/c13-10-5-17(4-8-6-18-7-8)16-12(10)11-2-1-9(14)3-15-11/h1-3,5,8H,4,6-7H2. The second kappa shape index (κ2) is 4.78. The highest BCUT2D eigenvalue weighted by atomic mass is 79.9. The number of nitrogens with zero attached hydrogens (tertiary/aromatic N) is 3. The summed E-state index contributed by atoms with van der Waals surface area (Å²) in [6, 6.07) is 3.01. The van der Waals surface area contributed by atoms with E-state index in [1.54, 1.807) is 6.07 Å². The van der Waals surface area contributed by atoms with Crippen molar-refractivity contribution in [1.29, 1.82) is 0 Å². The lowest BCUT2D eigenvalue weighted by Gasteiger charge is -2.25. The van der Waals surface area contributed by atoms with Crippen LogP contribution in [-0.4, -0.2) is 28.0 Å². The van der Waals surface area contributed by atoms with Gasteiger partial charge in [-0.15, -0.1) is 0 Å². The molecule has 4 nitrogen and oxygen atoms in total. The molecule has 3 rings (SSSR count). The Morgan fingerprint density at radius 1 is 1.44 bits per heavy atom. The minimum atomic E-state index is -0.346. The minimum Gasteiger partial charge on any atom is -0.381 e. The Bertz CT molecular complexity index is 551. The number of pyridine rings is 1. The van der Waals surface area contributed by atoms with Crippen LogP contribution in [0.3, 0.4) is 0 Å². The Balaban J connectivity index is 1.85. The smallest absolute Gasteiger partial charge is 0.141 e. The molecular formula is C12H11BrFN3O. The average molecular weight is 312 g/mol. The molecule has 2 aromatic rings. The molecule has 0 atom stereocenters. The molecule has 0 radical (unpaired) electrons. The summed E-state index contributed by atoms with van der Waals surface area (Å²) in [6.07, 6.45) is 3.11. The van der Waals surface area contributed by atoms with Gasteiger partial charge in [-0.05, 0) is 28.1 Å². The van der Waals surface area contributed by atoms with Crippen molar-refractivity contribution in [3.8, 4) is 11.4 Å². The molecule has 0 bridgehead atoms. The number of hydrogen-bond acceptors (Lipinski definition) is 3. The van der Waals surface area contributed by atoms with Crippen molar-refractivity contribution < 1.29 is 9.13 Å². The molecule has 0 amide bonds. The van der Waals surface area contributed by atoms with Crippen LogP contribution in [0.1, 0.15) is 0 Å². The first kappa shape index (κ1) is 11.8. The van der Waals surface area contributed by atoms with Gasteiger partial charge in [0.2, 0.25) is 0 Å². The maximum atomic E-state index is 12.8. The number of rotatable bonds is 3. The molecule has 3 heterocycles. The molecule has 94 valence electrons. The Hall–Kier alpha value is -1.27. The van der Waals surface area contributed by atoms with E-state index in [-0.39, 0.29) is 5.82 Å². The fraction of sp³-hybridized carbons (Fsp3) is 0.333. The van der Waals surface area contributed by atoms with E-state index in [0.717, 1.165) is 29.9 Å². The molecule has 1 saturated heterocycles. The zero-order chi connectivity index (χ0) is 12.5. The summed E-state index contributed by atoms with van der Waals surface area (Å²) in [5, 5.41) is 4.46. The molecular weight excluding hydrogens is 301 g/mol. The van der Waals surface area contributed by atoms with Crippen LogP contribution in [0.4, 0.5) is 4.39 Å². The summed E-state index contributed by atoms with van der Waals surface area (Å²) < 4.78 is 20.7. The molecule has 0 saturated carbocycles. The van der Waals surface area contributed by atoms with Gasteiger partial charge in [-0.2, -0.15) is 5.10 Å². The first-order chi connectivity index (χ1) is 8.72. The van der Waals surface area contributed by atoms with Gasteiger partial charge in [0, 0.05) is 18.7 Å². The SMILES string of the molecule is Fc1ccc(-c2nn(CC3COC3)cc2Br)nc1. The zero-order valence-electron chi connectivity index (χ0n) is 9.51. The Labute approximate surface area is 112 Å². The summed E-state index contributed by atoms with van der Waals surface area (Å²) in [5.41, 5.74) is 1.39. The van der Waals surface area contributed by atoms with Gasteiger partial charge < -0.3 is 4.74 Å². The van der Waals surface area contributed by atoms with Crippen LogP contribution in [0.2, 0.25) is 0 Å². The lowest BCUT2D eigenvalue weighted by atomic mass is 10.1. The number of halogens is 2. The maximum absolute atomic E-state index is 12.8. The fourth-order valence-corrected chi connectivity index (χ4v) is 2.35. The van der Waals surface area contributed by atoms with E-state index in [1.807, 2.05) is 10.9 Å². The lowest BCUT2D eigenvalue weighted by molar-refractivity contribution is -0.0408. The Morgan fingerprint density at radius 2 is 2.28 bits per heavy atom. The largest absolute Gasteiger partial charge is 0.381 e. The highest BCUT2D eigenvalue weighted by Crippen LogP contribution is 2.26. The van der Waals surface area contributed by atoms with Crippen molar-refractivity contribution in [3.63, 3.8) is 0 Å². The molecule has 1 fully saturated rings. The van der Waals surface area contributed by atoms with E-state index in [9.17, 15) is 4.39 Å². The average Bonchev–Trinajstić information content (AvgIpc) is 2.66. The van der Waals surface area contributed by atoms with E-state index in [4.69, 9.17) is 4.74 Å². The number of ether oxygens (including phenoxy) is 1. The molecule has 0 unspecified atom stereocenters. The van der Waals surface area contributed by atoms with Gasteiger partial charge in [0.25, 0.3) is 0 Å². The van der Waals surface area contributed by atoms with Crippen LogP contribution in [0.15, 0.2) is 29.0 Å². The third-order valence-electron chi connectivity index (χ3n) is 2.84. The molecule has 0 spiro atoms. The van der Waals surface area contributed by atoms with Crippen molar-refractivity contribution in [2.75, 3.05) is 13.2 Å². The van der Waals surface area contributed by atoms with Gasteiger partial charge in [0.05, 0.1) is 29.6 Å².